The van der Waals surface area contributed by atoms with Gasteiger partial charge in [0.2, 0.25) is 6.10 Å². The van der Waals surface area contributed by atoms with E-state index in [1.807, 2.05) is 0 Å². The molecule has 20 heavy (non-hydrogen) atoms. The average molecular weight is 280 g/mol. The molecule has 0 aromatic heterocycles. The number of carboxylic acids is 1. The summed E-state index contributed by atoms with van der Waals surface area (Å²) in [4.78, 5) is 29.6. The number of rotatable bonds is 2. The Morgan fingerprint density at radius 1 is 1.45 bits per heavy atom. The summed E-state index contributed by atoms with van der Waals surface area (Å²) in [5.74, 6) is -1.32. The number of carbonyl (C=O) groups is 2. The highest BCUT2D eigenvalue weighted by Crippen LogP contribution is 2.30. The Labute approximate surface area is 118 Å². The molecular formula is C14H20N2O4. The largest absolute Gasteiger partial charge is 0.477 e. The molecular weight excluding hydrogens is 260 g/mol. The maximum Gasteiger partial charge on any atom is 0.353 e. The number of amides is 1. The van der Waals surface area contributed by atoms with Crippen LogP contribution < -0.4 is 0 Å². The van der Waals surface area contributed by atoms with Crippen LogP contribution in [-0.2, 0) is 14.4 Å². The van der Waals surface area contributed by atoms with E-state index in [-0.39, 0.29) is 23.5 Å². The van der Waals surface area contributed by atoms with Crippen LogP contribution in [-0.4, -0.2) is 46.8 Å². The summed E-state index contributed by atoms with van der Waals surface area (Å²) in [7, 11) is 0. The summed E-state index contributed by atoms with van der Waals surface area (Å²) >= 11 is 0. The lowest BCUT2D eigenvalue weighted by molar-refractivity contribution is -0.141. The molecule has 0 saturated carbocycles. The third kappa shape index (κ3) is 3.00. The highest BCUT2D eigenvalue weighted by molar-refractivity contribution is 6.36. The van der Waals surface area contributed by atoms with E-state index in [0.29, 0.717) is 13.1 Å². The van der Waals surface area contributed by atoms with E-state index in [1.165, 1.54) is 5.57 Å². The maximum absolute atomic E-state index is 12.2. The van der Waals surface area contributed by atoms with Crippen LogP contribution in [0.15, 0.2) is 16.8 Å². The lowest BCUT2D eigenvalue weighted by atomic mass is 9.83. The van der Waals surface area contributed by atoms with Crippen molar-refractivity contribution in [3.63, 3.8) is 0 Å². The van der Waals surface area contributed by atoms with Gasteiger partial charge in [0.15, 0.2) is 5.71 Å². The van der Waals surface area contributed by atoms with E-state index in [9.17, 15) is 9.59 Å². The number of nitrogens with zero attached hydrogens (tertiary/aromatic N) is 2. The van der Waals surface area contributed by atoms with Crippen molar-refractivity contribution >= 4 is 17.6 Å². The predicted molar refractivity (Wildman–Crippen MR) is 73.3 cm³/mol. The molecule has 0 saturated heterocycles. The van der Waals surface area contributed by atoms with E-state index in [0.717, 1.165) is 6.42 Å². The van der Waals surface area contributed by atoms with Gasteiger partial charge in [0.05, 0.1) is 0 Å². The lowest BCUT2D eigenvalue weighted by Crippen LogP contribution is -2.42. The summed E-state index contributed by atoms with van der Waals surface area (Å²) in [5, 5.41) is 12.2. The molecule has 0 spiro atoms. The molecule has 0 radical (unpaired) electrons. The van der Waals surface area contributed by atoms with Crippen molar-refractivity contribution in [2.24, 2.45) is 10.6 Å². The van der Waals surface area contributed by atoms with Gasteiger partial charge in [-0.15, -0.1) is 0 Å². The Balaban J connectivity index is 1.94. The van der Waals surface area contributed by atoms with Crippen molar-refractivity contribution in [1.29, 1.82) is 0 Å². The summed E-state index contributed by atoms with van der Waals surface area (Å²) in [6.45, 7) is 7.66. The highest BCUT2D eigenvalue weighted by Gasteiger charge is 2.35. The molecule has 2 rings (SSSR count). The minimum Gasteiger partial charge on any atom is -0.477 e. The van der Waals surface area contributed by atoms with Gasteiger partial charge < -0.3 is 14.8 Å². The molecule has 110 valence electrons. The lowest BCUT2D eigenvalue weighted by Gasteiger charge is -2.32. The number of aliphatic carboxylic acids is 1. The maximum atomic E-state index is 12.2. The first-order valence-electron chi connectivity index (χ1n) is 6.73. The molecule has 2 heterocycles. The van der Waals surface area contributed by atoms with Gasteiger partial charge in [0, 0.05) is 19.5 Å². The first-order chi connectivity index (χ1) is 9.29. The molecule has 6 nitrogen and oxygen atoms in total. The second-order valence-electron chi connectivity index (χ2n) is 6.15. The first kappa shape index (κ1) is 14.6. The van der Waals surface area contributed by atoms with Crippen LogP contribution in [0.5, 0.6) is 0 Å². The van der Waals surface area contributed by atoms with Gasteiger partial charge in [-0.2, -0.15) is 0 Å². The molecule has 0 aromatic carbocycles. The van der Waals surface area contributed by atoms with Gasteiger partial charge in [-0.3, -0.25) is 4.79 Å². The Morgan fingerprint density at radius 3 is 2.60 bits per heavy atom. The van der Waals surface area contributed by atoms with E-state index >= 15 is 0 Å². The van der Waals surface area contributed by atoms with Crippen molar-refractivity contribution in [3.8, 4) is 0 Å². The molecule has 1 atom stereocenters. The second-order valence-corrected chi connectivity index (χ2v) is 6.15. The van der Waals surface area contributed by atoms with E-state index in [1.54, 1.807) is 4.90 Å². The second kappa shape index (κ2) is 5.26. The van der Waals surface area contributed by atoms with Crippen molar-refractivity contribution in [3.05, 3.63) is 11.6 Å². The summed E-state index contributed by atoms with van der Waals surface area (Å²) in [6, 6.07) is 0. The fourth-order valence-electron chi connectivity index (χ4n) is 2.39. The van der Waals surface area contributed by atoms with Gasteiger partial charge in [0.1, 0.15) is 0 Å². The van der Waals surface area contributed by atoms with Gasteiger partial charge in [0.25, 0.3) is 5.91 Å². The minimum absolute atomic E-state index is 0.0422. The van der Waals surface area contributed by atoms with Crippen molar-refractivity contribution in [1.82, 2.24) is 4.90 Å². The van der Waals surface area contributed by atoms with Crippen LogP contribution in [0.3, 0.4) is 0 Å². The molecule has 0 aromatic rings. The fourth-order valence-corrected chi connectivity index (χ4v) is 2.39. The topological polar surface area (TPSA) is 79.2 Å². The third-order valence-electron chi connectivity index (χ3n) is 3.68. The zero-order valence-electron chi connectivity index (χ0n) is 12.0. The molecule has 0 aliphatic carbocycles. The Kier molecular flexibility index (Phi) is 3.83. The van der Waals surface area contributed by atoms with Crippen LogP contribution in [0.2, 0.25) is 0 Å². The van der Waals surface area contributed by atoms with Gasteiger partial charge in [-0.25, -0.2) is 4.79 Å². The normalized spacial score (nSPS) is 22.9. The number of hydrogen-bond donors (Lipinski definition) is 1. The molecule has 0 bridgehead atoms. The molecule has 0 fully saturated rings. The monoisotopic (exact) mass is 280 g/mol. The number of oxime groups is 1. The van der Waals surface area contributed by atoms with E-state index in [2.05, 4.69) is 32.0 Å². The number of carboxylic acid groups (broad SMARTS) is 1. The third-order valence-corrected chi connectivity index (χ3v) is 3.68. The van der Waals surface area contributed by atoms with Gasteiger partial charge in [-0.05, 0) is 11.8 Å². The zero-order valence-corrected chi connectivity index (χ0v) is 12.0. The Morgan fingerprint density at radius 2 is 2.15 bits per heavy atom. The quantitative estimate of drug-likeness (QED) is 0.776. The zero-order chi connectivity index (χ0) is 14.9. The first-order valence-corrected chi connectivity index (χ1v) is 6.73. The summed E-state index contributed by atoms with van der Waals surface area (Å²) in [6.07, 6.45) is 2.18. The Hall–Kier alpha value is -1.85. The summed E-state index contributed by atoms with van der Waals surface area (Å²) in [5.41, 5.74) is 1.38. The van der Waals surface area contributed by atoms with Crippen LogP contribution in [0.25, 0.3) is 0 Å². The predicted octanol–water partition coefficient (Wildman–Crippen LogP) is 1.42. The van der Waals surface area contributed by atoms with Crippen LogP contribution in [0.4, 0.5) is 0 Å². The van der Waals surface area contributed by atoms with Crippen LogP contribution in [0.1, 0.15) is 33.6 Å². The molecule has 2 aliphatic rings. The highest BCUT2D eigenvalue weighted by atomic mass is 16.6. The molecule has 2 aliphatic heterocycles. The van der Waals surface area contributed by atoms with E-state index in [4.69, 9.17) is 9.94 Å². The Bertz CT molecular complexity index is 488. The van der Waals surface area contributed by atoms with Crippen molar-refractivity contribution in [2.75, 3.05) is 13.1 Å². The van der Waals surface area contributed by atoms with Crippen LogP contribution in [0, 0.1) is 5.41 Å². The van der Waals surface area contributed by atoms with Gasteiger partial charge >= 0.3 is 5.97 Å². The van der Waals surface area contributed by atoms with Crippen molar-refractivity contribution in [2.45, 2.75) is 39.7 Å². The smallest absolute Gasteiger partial charge is 0.353 e. The average Bonchev–Trinajstić information content (AvgIpc) is 2.86. The minimum atomic E-state index is -1.13. The van der Waals surface area contributed by atoms with E-state index < -0.39 is 12.1 Å². The molecule has 1 unspecified atom stereocenters. The fraction of sp³-hybridized carbons (Fsp3) is 0.643. The number of hydrogen-bond acceptors (Lipinski definition) is 4. The SMILES string of the molecule is CC(C)(C)C1=CCN(C(=O)C2CC(C(=O)O)=NO2)CC1. The number of carbonyl (C=O) groups excluding carboxylic acids is 1. The van der Waals surface area contributed by atoms with Crippen molar-refractivity contribution < 1.29 is 19.5 Å². The molecule has 6 heteroatoms. The molecule has 1 N–H and O–H groups in total. The molecule has 1 amide bonds. The van der Waals surface area contributed by atoms with Gasteiger partial charge in [-0.1, -0.05) is 37.6 Å². The standard InChI is InChI=1S/C14H20N2O4/c1-14(2,3)9-4-6-16(7-5-9)12(17)11-8-10(13(18)19)15-20-11/h4,11H,5-8H2,1-3H3,(H,18,19). The van der Waals surface area contributed by atoms with Crippen LogP contribution >= 0.6 is 0 Å². The summed E-state index contributed by atoms with van der Waals surface area (Å²) < 4.78 is 0.